The fourth-order valence-electron chi connectivity index (χ4n) is 0.836. The van der Waals surface area contributed by atoms with Crippen LogP contribution in [-0.2, 0) is 4.79 Å². The maximum atomic E-state index is 10.0. The SMILES string of the molecule is CC(C)(C)C(=O)O.CCCCC[N+](C)(C)C. The molecule has 0 radical (unpaired) electrons. The molecule has 0 rings (SSSR count). The Bertz CT molecular complexity index is 187. The third-order valence-electron chi connectivity index (χ3n) is 2.07. The van der Waals surface area contributed by atoms with Gasteiger partial charge in [0, 0.05) is 0 Å². The quantitative estimate of drug-likeness (QED) is 0.597. The highest BCUT2D eigenvalue weighted by Gasteiger charge is 2.18. The van der Waals surface area contributed by atoms with Gasteiger partial charge in [0.1, 0.15) is 0 Å². The molecule has 0 aliphatic carbocycles. The van der Waals surface area contributed by atoms with Gasteiger partial charge in [0.25, 0.3) is 0 Å². The van der Waals surface area contributed by atoms with E-state index in [9.17, 15) is 4.79 Å². The Labute approximate surface area is 101 Å². The van der Waals surface area contributed by atoms with Crippen molar-refractivity contribution in [2.45, 2.75) is 47.0 Å². The minimum atomic E-state index is -0.757. The van der Waals surface area contributed by atoms with Crippen LogP contribution in [0.2, 0.25) is 0 Å². The molecule has 98 valence electrons. The van der Waals surface area contributed by atoms with Gasteiger partial charge in [-0.1, -0.05) is 13.3 Å². The third kappa shape index (κ3) is 15.9. The summed E-state index contributed by atoms with van der Waals surface area (Å²) in [6, 6.07) is 0. The lowest BCUT2D eigenvalue weighted by molar-refractivity contribution is -0.870. The van der Waals surface area contributed by atoms with Crippen molar-refractivity contribution in [1.29, 1.82) is 0 Å². The molecular weight excluding hydrogens is 202 g/mol. The van der Waals surface area contributed by atoms with Gasteiger partial charge in [-0.25, -0.2) is 0 Å². The van der Waals surface area contributed by atoms with Crippen LogP contribution < -0.4 is 0 Å². The Morgan fingerprint density at radius 2 is 1.50 bits per heavy atom. The second-order valence-electron chi connectivity index (χ2n) is 6.28. The summed E-state index contributed by atoms with van der Waals surface area (Å²) in [5.74, 6) is -0.757. The first kappa shape index (κ1) is 17.8. The summed E-state index contributed by atoms with van der Waals surface area (Å²) in [6.45, 7) is 8.55. The minimum absolute atomic E-state index is 0.583. The Morgan fingerprint density at radius 1 is 1.12 bits per heavy atom. The maximum Gasteiger partial charge on any atom is 0.308 e. The van der Waals surface area contributed by atoms with Crippen LogP contribution in [0.1, 0.15) is 47.0 Å². The van der Waals surface area contributed by atoms with Crippen LogP contribution >= 0.6 is 0 Å². The Balaban J connectivity index is 0. The topological polar surface area (TPSA) is 37.3 Å². The lowest BCUT2D eigenvalue weighted by Crippen LogP contribution is -2.35. The number of carboxylic acids is 1. The zero-order valence-electron chi connectivity index (χ0n) is 12.1. The predicted molar refractivity (Wildman–Crippen MR) is 69.5 cm³/mol. The van der Waals surface area contributed by atoms with E-state index in [0.717, 1.165) is 4.48 Å². The molecule has 0 fully saturated rings. The first-order chi connectivity index (χ1) is 7.00. The summed E-state index contributed by atoms with van der Waals surface area (Å²) < 4.78 is 1.11. The molecule has 3 heteroatoms. The number of carbonyl (C=O) groups is 1. The van der Waals surface area contributed by atoms with Gasteiger partial charge in [-0.05, 0) is 33.6 Å². The van der Waals surface area contributed by atoms with Crippen LogP contribution in [-0.4, -0.2) is 43.2 Å². The van der Waals surface area contributed by atoms with Gasteiger partial charge in [0.15, 0.2) is 0 Å². The van der Waals surface area contributed by atoms with E-state index in [2.05, 4.69) is 28.1 Å². The van der Waals surface area contributed by atoms with Crippen LogP contribution in [0.15, 0.2) is 0 Å². The highest BCUT2D eigenvalue weighted by Crippen LogP contribution is 2.11. The molecule has 0 spiro atoms. The lowest BCUT2D eigenvalue weighted by Gasteiger charge is -2.23. The summed E-state index contributed by atoms with van der Waals surface area (Å²) >= 11 is 0. The van der Waals surface area contributed by atoms with Gasteiger partial charge in [0.2, 0.25) is 0 Å². The average Bonchev–Trinajstić information content (AvgIpc) is 2.01. The first-order valence-electron chi connectivity index (χ1n) is 6.04. The van der Waals surface area contributed by atoms with Crippen LogP contribution in [0, 0.1) is 5.41 Å². The van der Waals surface area contributed by atoms with Crippen molar-refractivity contribution >= 4 is 5.97 Å². The van der Waals surface area contributed by atoms with Gasteiger partial charge in [-0.2, -0.15) is 0 Å². The molecule has 1 N–H and O–H groups in total. The van der Waals surface area contributed by atoms with Crippen LogP contribution in [0.25, 0.3) is 0 Å². The number of hydrogen-bond acceptors (Lipinski definition) is 1. The van der Waals surface area contributed by atoms with Crippen molar-refractivity contribution in [2.24, 2.45) is 5.41 Å². The average molecular weight is 232 g/mol. The molecule has 0 aliphatic rings. The van der Waals surface area contributed by atoms with Gasteiger partial charge in [0.05, 0.1) is 33.1 Å². The maximum absolute atomic E-state index is 10.0. The number of nitrogens with zero attached hydrogens (tertiary/aromatic N) is 1. The van der Waals surface area contributed by atoms with Gasteiger partial charge >= 0.3 is 5.97 Å². The van der Waals surface area contributed by atoms with Crippen molar-refractivity contribution in [3.05, 3.63) is 0 Å². The summed E-state index contributed by atoms with van der Waals surface area (Å²) in [5, 5.41) is 8.25. The van der Waals surface area contributed by atoms with Gasteiger partial charge in [-0.3, -0.25) is 4.79 Å². The molecule has 0 aromatic rings. The van der Waals surface area contributed by atoms with E-state index in [0.29, 0.717) is 0 Å². The molecule has 0 saturated carbocycles. The van der Waals surface area contributed by atoms with Crippen LogP contribution in [0.5, 0.6) is 0 Å². The standard InChI is InChI=1S/C8H20N.C5H10O2/c1-5-6-7-8-9(2,3)4;1-5(2,3)4(6)7/h5-8H2,1-4H3;1-3H3,(H,6,7)/q+1;. The number of aliphatic carboxylic acids is 1. The molecule has 16 heavy (non-hydrogen) atoms. The highest BCUT2D eigenvalue weighted by atomic mass is 16.4. The molecule has 0 aliphatic heterocycles. The predicted octanol–water partition coefficient (Wildman–Crippen LogP) is 3.00. The zero-order valence-corrected chi connectivity index (χ0v) is 12.1. The number of quaternary nitrogens is 1. The molecule has 0 aromatic carbocycles. The number of carboxylic acid groups (broad SMARTS) is 1. The Hall–Kier alpha value is -0.570. The summed E-state index contributed by atoms with van der Waals surface area (Å²) in [7, 11) is 6.74. The van der Waals surface area contributed by atoms with Crippen LogP contribution in [0.4, 0.5) is 0 Å². The third-order valence-corrected chi connectivity index (χ3v) is 2.07. The van der Waals surface area contributed by atoms with Crippen molar-refractivity contribution in [3.63, 3.8) is 0 Å². The normalized spacial score (nSPS) is 11.7. The largest absolute Gasteiger partial charge is 0.481 e. The fraction of sp³-hybridized carbons (Fsp3) is 0.923. The first-order valence-corrected chi connectivity index (χ1v) is 6.04. The molecule has 0 bridgehead atoms. The van der Waals surface area contributed by atoms with E-state index in [1.54, 1.807) is 20.8 Å². The van der Waals surface area contributed by atoms with Crippen LogP contribution in [0.3, 0.4) is 0 Å². The van der Waals surface area contributed by atoms with E-state index < -0.39 is 11.4 Å². The number of hydrogen-bond donors (Lipinski definition) is 1. The smallest absolute Gasteiger partial charge is 0.308 e. The summed E-state index contributed by atoms with van der Waals surface area (Å²) in [6.07, 6.45) is 4.09. The molecule has 3 nitrogen and oxygen atoms in total. The highest BCUT2D eigenvalue weighted by molar-refractivity contribution is 5.72. The monoisotopic (exact) mass is 232 g/mol. The van der Waals surface area contributed by atoms with Gasteiger partial charge in [-0.15, -0.1) is 0 Å². The number of unbranched alkanes of at least 4 members (excludes halogenated alkanes) is 2. The summed E-state index contributed by atoms with van der Waals surface area (Å²) in [5.41, 5.74) is -0.583. The summed E-state index contributed by atoms with van der Waals surface area (Å²) in [4.78, 5) is 10.0. The van der Waals surface area contributed by atoms with Crippen molar-refractivity contribution in [3.8, 4) is 0 Å². The Kier molecular flexibility index (Phi) is 8.53. The van der Waals surface area contributed by atoms with E-state index in [4.69, 9.17) is 5.11 Å². The minimum Gasteiger partial charge on any atom is -0.481 e. The van der Waals surface area contributed by atoms with E-state index in [1.165, 1.54) is 25.8 Å². The Morgan fingerprint density at radius 3 is 1.69 bits per heavy atom. The molecule has 0 heterocycles. The zero-order chi connectivity index (χ0) is 13.4. The van der Waals surface area contributed by atoms with E-state index >= 15 is 0 Å². The second-order valence-corrected chi connectivity index (χ2v) is 6.28. The molecule has 0 amide bonds. The van der Waals surface area contributed by atoms with E-state index in [-0.39, 0.29) is 0 Å². The fourth-order valence-corrected chi connectivity index (χ4v) is 0.836. The molecular formula is C13H30NO2+. The lowest BCUT2D eigenvalue weighted by atomic mass is 9.98. The van der Waals surface area contributed by atoms with Crippen molar-refractivity contribution in [2.75, 3.05) is 27.7 Å². The molecule has 0 saturated heterocycles. The molecule has 0 unspecified atom stereocenters. The van der Waals surface area contributed by atoms with E-state index in [1.807, 2.05) is 0 Å². The van der Waals surface area contributed by atoms with Crippen molar-refractivity contribution in [1.82, 2.24) is 0 Å². The molecule has 0 aromatic heterocycles. The van der Waals surface area contributed by atoms with Crippen molar-refractivity contribution < 1.29 is 14.4 Å². The molecule has 0 atom stereocenters. The number of rotatable bonds is 4. The van der Waals surface area contributed by atoms with Gasteiger partial charge < -0.3 is 9.59 Å². The second kappa shape index (κ2) is 7.66.